The number of nitrogens with zero attached hydrogens (tertiary/aromatic N) is 4. The summed E-state index contributed by atoms with van der Waals surface area (Å²) in [5, 5.41) is 8.40. The van der Waals surface area contributed by atoms with E-state index in [-0.39, 0.29) is 12.3 Å². The normalized spacial score (nSPS) is 17.6. The van der Waals surface area contributed by atoms with Crippen LogP contribution >= 0.6 is 11.6 Å². The van der Waals surface area contributed by atoms with Crippen LogP contribution in [-0.2, 0) is 11.2 Å². The molecular weight excluding hydrogens is 354 g/mol. The second kappa shape index (κ2) is 7.61. The minimum atomic E-state index is -0.443. The molecule has 140 valence electrons. The van der Waals surface area contributed by atoms with E-state index in [2.05, 4.69) is 10.3 Å². The topological polar surface area (TPSA) is 80.1 Å². The number of pyridine rings is 1. The SMILES string of the molecule is CC.CCc1ncc2c(N3CCC(=O)NC3=O)nn(C3CCC3)c2c1Cl. The van der Waals surface area contributed by atoms with E-state index in [1.807, 2.05) is 25.5 Å². The molecule has 0 spiro atoms. The lowest BCUT2D eigenvalue weighted by atomic mass is 9.93. The Labute approximate surface area is 157 Å². The minimum Gasteiger partial charge on any atom is -0.278 e. The summed E-state index contributed by atoms with van der Waals surface area (Å²) in [4.78, 5) is 29.5. The molecule has 0 atom stereocenters. The van der Waals surface area contributed by atoms with E-state index in [0.29, 0.717) is 23.4 Å². The number of hydrogen-bond acceptors (Lipinski definition) is 4. The molecule has 0 radical (unpaired) electrons. The van der Waals surface area contributed by atoms with Crippen LogP contribution in [0.25, 0.3) is 10.9 Å². The molecule has 3 heterocycles. The molecule has 1 N–H and O–H groups in total. The molecule has 7 nitrogen and oxygen atoms in total. The predicted octanol–water partition coefficient (Wildman–Crippen LogP) is 3.84. The summed E-state index contributed by atoms with van der Waals surface area (Å²) in [6, 6.07) is -0.137. The molecule has 1 saturated carbocycles. The first-order chi connectivity index (χ1) is 12.6. The van der Waals surface area contributed by atoms with E-state index < -0.39 is 6.03 Å². The highest BCUT2D eigenvalue weighted by molar-refractivity contribution is 6.36. The fourth-order valence-electron chi connectivity index (χ4n) is 3.22. The summed E-state index contributed by atoms with van der Waals surface area (Å²) in [6.07, 6.45) is 6.02. The van der Waals surface area contributed by atoms with Crippen molar-refractivity contribution in [2.75, 3.05) is 11.4 Å². The summed E-state index contributed by atoms with van der Waals surface area (Å²) >= 11 is 6.59. The molecule has 0 bridgehead atoms. The second-order valence-corrected chi connectivity index (χ2v) is 6.62. The molecule has 2 aromatic heterocycles. The number of fused-ring (bicyclic) bond motifs is 1. The first-order valence-electron chi connectivity index (χ1n) is 9.27. The van der Waals surface area contributed by atoms with E-state index in [9.17, 15) is 9.59 Å². The summed E-state index contributed by atoms with van der Waals surface area (Å²) in [7, 11) is 0. The van der Waals surface area contributed by atoms with Crippen LogP contribution in [0.4, 0.5) is 10.6 Å². The minimum absolute atomic E-state index is 0.261. The molecule has 26 heavy (non-hydrogen) atoms. The summed E-state index contributed by atoms with van der Waals surface area (Å²) < 4.78 is 1.95. The first-order valence-corrected chi connectivity index (χ1v) is 9.65. The van der Waals surface area contributed by atoms with Crippen molar-refractivity contribution in [2.45, 2.75) is 58.9 Å². The van der Waals surface area contributed by atoms with Crippen molar-refractivity contribution in [1.29, 1.82) is 0 Å². The number of rotatable bonds is 3. The lowest BCUT2D eigenvalue weighted by molar-refractivity contribution is -0.120. The Bertz CT molecular complexity index is 844. The Morgan fingerprint density at radius 3 is 2.62 bits per heavy atom. The molecule has 1 saturated heterocycles. The van der Waals surface area contributed by atoms with Crippen LogP contribution in [0.2, 0.25) is 5.02 Å². The maximum atomic E-state index is 12.2. The van der Waals surface area contributed by atoms with Gasteiger partial charge in [-0.3, -0.25) is 24.7 Å². The summed E-state index contributed by atoms with van der Waals surface area (Å²) in [5.41, 5.74) is 1.67. The molecule has 0 aromatic carbocycles. The fourth-order valence-corrected chi connectivity index (χ4v) is 3.59. The third-order valence-corrected chi connectivity index (χ3v) is 5.20. The second-order valence-electron chi connectivity index (χ2n) is 6.24. The molecule has 2 aromatic rings. The van der Waals surface area contributed by atoms with Gasteiger partial charge < -0.3 is 0 Å². The maximum absolute atomic E-state index is 12.2. The van der Waals surface area contributed by atoms with E-state index in [4.69, 9.17) is 16.7 Å². The molecule has 4 rings (SSSR count). The average molecular weight is 378 g/mol. The number of nitrogens with one attached hydrogen (secondary N) is 1. The zero-order valence-corrected chi connectivity index (χ0v) is 16.1. The standard InChI is InChI=1S/C16H18ClN5O2.C2H6/c1-2-11-13(17)14-10(8-18-11)15(20-22(14)9-4-3-5-9)21-7-6-12(23)19-16(21)24;1-2/h8-9H,2-7H2,1H3,(H,19,23,24);1-2H3. The molecule has 1 aliphatic heterocycles. The van der Waals surface area contributed by atoms with Crippen LogP contribution in [-0.4, -0.2) is 33.2 Å². The Kier molecular flexibility index (Phi) is 5.46. The van der Waals surface area contributed by atoms with Crippen LogP contribution in [0.15, 0.2) is 6.20 Å². The quantitative estimate of drug-likeness (QED) is 0.881. The van der Waals surface area contributed by atoms with Gasteiger partial charge in [0.1, 0.15) is 0 Å². The van der Waals surface area contributed by atoms with Gasteiger partial charge in [0.2, 0.25) is 5.91 Å². The lowest BCUT2D eigenvalue weighted by Gasteiger charge is -2.27. The number of hydrogen-bond donors (Lipinski definition) is 1. The monoisotopic (exact) mass is 377 g/mol. The number of amides is 3. The van der Waals surface area contributed by atoms with Gasteiger partial charge >= 0.3 is 6.03 Å². The highest BCUT2D eigenvalue weighted by Gasteiger charge is 2.32. The number of urea groups is 1. The van der Waals surface area contributed by atoms with E-state index in [1.54, 1.807) is 6.20 Å². The van der Waals surface area contributed by atoms with Gasteiger partial charge in [0.15, 0.2) is 5.82 Å². The number of aryl methyl sites for hydroxylation is 1. The zero-order chi connectivity index (χ0) is 18.8. The van der Waals surface area contributed by atoms with Gasteiger partial charge in [-0.2, -0.15) is 5.10 Å². The smallest absolute Gasteiger partial charge is 0.278 e. The maximum Gasteiger partial charge on any atom is 0.329 e. The van der Waals surface area contributed by atoms with Crippen LogP contribution in [0.5, 0.6) is 0 Å². The average Bonchev–Trinajstić information content (AvgIpc) is 2.95. The zero-order valence-electron chi connectivity index (χ0n) is 15.4. The van der Waals surface area contributed by atoms with Crippen molar-refractivity contribution in [3.05, 3.63) is 16.9 Å². The lowest BCUT2D eigenvalue weighted by Crippen LogP contribution is -2.49. The fraction of sp³-hybridized carbons (Fsp3) is 0.556. The molecule has 1 aliphatic carbocycles. The molecule has 2 fully saturated rings. The number of halogens is 1. The van der Waals surface area contributed by atoms with Gasteiger partial charge in [0.05, 0.1) is 27.7 Å². The number of carbonyl (C=O) groups excluding carboxylic acids is 2. The molecular formula is C18H24ClN5O2. The number of anilines is 1. The van der Waals surface area contributed by atoms with Gasteiger partial charge in [-0.15, -0.1) is 0 Å². The molecule has 2 aliphatic rings. The van der Waals surface area contributed by atoms with E-state index >= 15 is 0 Å². The van der Waals surface area contributed by atoms with E-state index in [1.165, 1.54) is 11.3 Å². The third-order valence-electron chi connectivity index (χ3n) is 4.80. The Hall–Kier alpha value is -2.15. The number of imide groups is 1. The van der Waals surface area contributed by atoms with Crippen molar-refractivity contribution in [3.8, 4) is 0 Å². The molecule has 0 unspecified atom stereocenters. The van der Waals surface area contributed by atoms with Gasteiger partial charge in [-0.05, 0) is 25.7 Å². The van der Waals surface area contributed by atoms with Crippen LogP contribution in [0.1, 0.15) is 58.2 Å². The van der Waals surface area contributed by atoms with Crippen molar-refractivity contribution in [3.63, 3.8) is 0 Å². The Morgan fingerprint density at radius 2 is 2.04 bits per heavy atom. The Balaban J connectivity index is 0.000000948. The van der Waals surface area contributed by atoms with Gasteiger partial charge in [-0.1, -0.05) is 32.4 Å². The highest BCUT2D eigenvalue weighted by atomic mass is 35.5. The molecule has 3 amide bonds. The van der Waals surface area contributed by atoms with Crippen LogP contribution in [0.3, 0.4) is 0 Å². The van der Waals surface area contributed by atoms with Crippen molar-refractivity contribution >= 4 is 40.3 Å². The third kappa shape index (κ3) is 3.05. The summed E-state index contributed by atoms with van der Waals surface area (Å²) in [6.45, 7) is 6.32. The van der Waals surface area contributed by atoms with E-state index in [0.717, 1.165) is 35.9 Å². The number of carbonyl (C=O) groups is 2. The highest BCUT2D eigenvalue weighted by Crippen LogP contribution is 2.40. The van der Waals surface area contributed by atoms with Gasteiger partial charge in [0, 0.05) is 19.2 Å². The molecule has 8 heteroatoms. The van der Waals surface area contributed by atoms with Crippen LogP contribution in [0, 0.1) is 0 Å². The predicted molar refractivity (Wildman–Crippen MR) is 102 cm³/mol. The number of aromatic nitrogens is 3. The van der Waals surface area contributed by atoms with Crippen LogP contribution < -0.4 is 10.2 Å². The first kappa shape index (κ1) is 18.6. The van der Waals surface area contributed by atoms with Gasteiger partial charge in [-0.25, -0.2) is 4.79 Å². The summed E-state index contributed by atoms with van der Waals surface area (Å²) in [5.74, 6) is 0.266. The largest absolute Gasteiger partial charge is 0.329 e. The van der Waals surface area contributed by atoms with Crippen molar-refractivity contribution < 1.29 is 9.59 Å². The van der Waals surface area contributed by atoms with Crippen molar-refractivity contribution in [2.24, 2.45) is 0 Å². The Morgan fingerprint density at radius 1 is 1.31 bits per heavy atom. The van der Waals surface area contributed by atoms with Gasteiger partial charge in [0.25, 0.3) is 0 Å². The van der Waals surface area contributed by atoms with Crippen molar-refractivity contribution in [1.82, 2.24) is 20.1 Å².